The molecular formula is C16H16ClN5OS2. The minimum atomic E-state index is -0.110. The van der Waals surface area contributed by atoms with E-state index in [1.807, 2.05) is 48.2 Å². The summed E-state index contributed by atoms with van der Waals surface area (Å²) in [5.41, 5.74) is 2.00. The van der Waals surface area contributed by atoms with Crippen molar-refractivity contribution >= 4 is 45.7 Å². The highest BCUT2D eigenvalue weighted by Crippen LogP contribution is 2.19. The standard InChI is InChI=1S/C16H16ClN5OS2/c1-10-8-24-15(18-10)19-14(23)9-25-16-21-20-13(22(16)2)7-11-3-5-12(17)6-4-11/h3-6,8H,7,9H2,1-2H3,(H,18,19,23). The van der Waals surface area contributed by atoms with E-state index in [1.54, 1.807) is 0 Å². The summed E-state index contributed by atoms with van der Waals surface area (Å²) < 4.78 is 1.90. The van der Waals surface area contributed by atoms with Gasteiger partial charge in [-0.2, -0.15) is 0 Å². The Kier molecular flexibility index (Phi) is 5.72. The number of anilines is 1. The largest absolute Gasteiger partial charge is 0.309 e. The maximum absolute atomic E-state index is 12.0. The molecule has 9 heteroatoms. The van der Waals surface area contributed by atoms with Crippen LogP contribution in [0.25, 0.3) is 0 Å². The number of aryl methyl sites for hydroxylation is 1. The predicted molar refractivity (Wildman–Crippen MR) is 101 cm³/mol. The van der Waals surface area contributed by atoms with Gasteiger partial charge >= 0.3 is 0 Å². The lowest BCUT2D eigenvalue weighted by Crippen LogP contribution is -2.14. The van der Waals surface area contributed by atoms with Crippen molar-refractivity contribution in [2.75, 3.05) is 11.1 Å². The van der Waals surface area contributed by atoms with Gasteiger partial charge in [0.25, 0.3) is 0 Å². The summed E-state index contributed by atoms with van der Waals surface area (Å²) in [6.07, 6.45) is 0.659. The van der Waals surface area contributed by atoms with Crippen LogP contribution in [0.3, 0.4) is 0 Å². The molecule has 0 fully saturated rings. The molecule has 0 aliphatic heterocycles. The maximum Gasteiger partial charge on any atom is 0.236 e. The lowest BCUT2D eigenvalue weighted by Gasteiger charge is -2.04. The number of hydrogen-bond acceptors (Lipinski definition) is 6. The van der Waals surface area contributed by atoms with E-state index in [1.165, 1.54) is 23.1 Å². The van der Waals surface area contributed by atoms with Crippen molar-refractivity contribution in [1.29, 1.82) is 0 Å². The lowest BCUT2D eigenvalue weighted by molar-refractivity contribution is -0.113. The number of amides is 1. The molecule has 2 heterocycles. The smallest absolute Gasteiger partial charge is 0.236 e. The fraction of sp³-hybridized carbons (Fsp3) is 0.250. The normalized spacial score (nSPS) is 10.8. The van der Waals surface area contributed by atoms with Gasteiger partial charge in [0, 0.05) is 23.9 Å². The molecule has 1 N–H and O–H groups in total. The average molecular weight is 394 g/mol. The highest BCUT2D eigenvalue weighted by molar-refractivity contribution is 7.99. The molecule has 0 atom stereocenters. The molecular weight excluding hydrogens is 378 g/mol. The Balaban J connectivity index is 1.57. The Morgan fingerprint density at radius 1 is 1.32 bits per heavy atom. The summed E-state index contributed by atoms with van der Waals surface area (Å²) in [7, 11) is 1.90. The second-order valence-corrected chi connectivity index (χ2v) is 7.63. The molecule has 0 bridgehead atoms. The highest BCUT2D eigenvalue weighted by atomic mass is 35.5. The monoisotopic (exact) mass is 393 g/mol. The first-order valence-corrected chi connectivity index (χ1v) is 9.73. The van der Waals surface area contributed by atoms with Crippen LogP contribution in [0.5, 0.6) is 0 Å². The number of rotatable bonds is 6. The van der Waals surface area contributed by atoms with Crippen LogP contribution in [0.2, 0.25) is 5.02 Å². The van der Waals surface area contributed by atoms with Gasteiger partial charge in [-0.05, 0) is 24.6 Å². The summed E-state index contributed by atoms with van der Waals surface area (Å²) in [6, 6.07) is 7.64. The quantitative estimate of drug-likeness (QED) is 0.648. The van der Waals surface area contributed by atoms with Crippen LogP contribution in [0, 0.1) is 6.92 Å². The molecule has 0 saturated heterocycles. The zero-order valence-electron chi connectivity index (χ0n) is 13.7. The van der Waals surface area contributed by atoms with Gasteiger partial charge in [0.15, 0.2) is 10.3 Å². The van der Waals surface area contributed by atoms with Crippen LogP contribution in [0.1, 0.15) is 17.1 Å². The molecule has 1 amide bonds. The lowest BCUT2D eigenvalue weighted by atomic mass is 10.1. The van der Waals surface area contributed by atoms with Gasteiger partial charge < -0.3 is 9.88 Å². The number of thiazole rings is 1. The first-order chi connectivity index (χ1) is 12.0. The predicted octanol–water partition coefficient (Wildman–Crippen LogP) is 3.56. The number of benzene rings is 1. The summed E-state index contributed by atoms with van der Waals surface area (Å²) in [5.74, 6) is 0.980. The van der Waals surface area contributed by atoms with Crippen LogP contribution < -0.4 is 5.32 Å². The van der Waals surface area contributed by atoms with Gasteiger partial charge in [-0.15, -0.1) is 21.5 Å². The summed E-state index contributed by atoms with van der Waals surface area (Å²) in [4.78, 5) is 16.2. The van der Waals surface area contributed by atoms with Gasteiger partial charge in [-0.3, -0.25) is 4.79 Å². The van der Waals surface area contributed by atoms with Gasteiger partial charge in [-0.1, -0.05) is 35.5 Å². The summed E-state index contributed by atoms with van der Waals surface area (Å²) >= 11 is 8.66. The minimum Gasteiger partial charge on any atom is -0.309 e. The van der Waals surface area contributed by atoms with Gasteiger partial charge in [0.2, 0.25) is 5.91 Å². The Bertz CT molecular complexity index is 875. The van der Waals surface area contributed by atoms with E-state index in [2.05, 4.69) is 20.5 Å². The Hall–Kier alpha value is -1.90. The van der Waals surface area contributed by atoms with Crippen LogP contribution in [-0.2, 0) is 18.3 Å². The van der Waals surface area contributed by atoms with E-state index in [0.717, 1.165) is 17.1 Å². The van der Waals surface area contributed by atoms with E-state index < -0.39 is 0 Å². The first kappa shape index (κ1) is 17.9. The van der Waals surface area contributed by atoms with Crippen molar-refractivity contribution in [2.45, 2.75) is 18.5 Å². The molecule has 0 aliphatic rings. The van der Waals surface area contributed by atoms with Crippen LogP contribution in [-0.4, -0.2) is 31.4 Å². The SMILES string of the molecule is Cc1csc(NC(=O)CSc2nnc(Cc3ccc(Cl)cc3)n2C)n1. The number of nitrogens with one attached hydrogen (secondary N) is 1. The average Bonchev–Trinajstić information content (AvgIpc) is 3.14. The number of halogens is 1. The van der Waals surface area contributed by atoms with E-state index in [-0.39, 0.29) is 11.7 Å². The zero-order chi connectivity index (χ0) is 17.8. The van der Waals surface area contributed by atoms with Crippen LogP contribution in [0.15, 0.2) is 34.8 Å². The molecule has 0 aliphatic carbocycles. The summed E-state index contributed by atoms with van der Waals surface area (Å²) in [5, 5.41) is 15.1. The first-order valence-electron chi connectivity index (χ1n) is 7.49. The van der Waals surface area contributed by atoms with Crippen molar-refractivity contribution in [3.8, 4) is 0 Å². The minimum absolute atomic E-state index is 0.110. The van der Waals surface area contributed by atoms with E-state index >= 15 is 0 Å². The van der Waals surface area contributed by atoms with E-state index in [4.69, 9.17) is 11.6 Å². The third kappa shape index (κ3) is 4.81. The van der Waals surface area contributed by atoms with E-state index in [9.17, 15) is 4.79 Å². The number of aromatic nitrogens is 4. The topological polar surface area (TPSA) is 72.7 Å². The Labute approximate surface area is 158 Å². The number of hydrogen-bond donors (Lipinski definition) is 1. The molecule has 1 aromatic carbocycles. The van der Waals surface area contributed by atoms with Crippen LogP contribution >= 0.6 is 34.7 Å². The Morgan fingerprint density at radius 3 is 2.76 bits per heavy atom. The van der Waals surface area contributed by atoms with Crippen molar-refractivity contribution in [3.05, 3.63) is 51.7 Å². The third-order valence-electron chi connectivity index (χ3n) is 3.40. The molecule has 0 radical (unpaired) electrons. The fourth-order valence-electron chi connectivity index (χ4n) is 2.11. The summed E-state index contributed by atoms with van der Waals surface area (Å²) in [6.45, 7) is 1.89. The molecule has 3 aromatic rings. The van der Waals surface area contributed by atoms with Gasteiger partial charge in [0.1, 0.15) is 5.82 Å². The fourth-order valence-corrected chi connectivity index (χ4v) is 3.67. The number of thioether (sulfide) groups is 1. The molecule has 6 nitrogen and oxygen atoms in total. The van der Waals surface area contributed by atoms with Crippen LogP contribution in [0.4, 0.5) is 5.13 Å². The zero-order valence-corrected chi connectivity index (χ0v) is 16.1. The molecule has 2 aromatic heterocycles. The third-order valence-corrected chi connectivity index (χ3v) is 5.55. The number of carbonyl (C=O) groups excluding carboxylic acids is 1. The Morgan fingerprint density at radius 2 is 2.08 bits per heavy atom. The molecule has 0 unspecified atom stereocenters. The number of nitrogens with zero attached hydrogens (tertiary/aromatic N) is 4. The van der Waals surface area contributed by atoms with Crippen molar-refractivity contribution in [3.63, 3.8) is 0 Å². The second kappa shape index (κ2) is 7.99. The molecule has 0 spiro atoms. The number of carbonyl (C=O) groups is 1. The highest BCUT2D eigenvalue weighted by Gasteiger charge is 2.13. The molecule has 130 valence electrons. The molecule has 0 saturated carbocycles. The van der Waals surface area contributed by atoms with Crippen molar-refractivity contribution < 1.29 is 4.79 Å². The van der Waals surface area contributed by atoms with Crippen molar-refractivity contribution in [2.24, 2.45) is 7.05 Å². The van der Waals surface area contributed by atoms with Gasteiger partial charge in [-0.25, -0.2) is 4.98 Å². The van der Waals surface area contributed by atoms with E-state index in [0.29, 0.717) is 21.7 Å². The van der Waals surface area contributed by atoms with Gasteiger partial charge in [0.05, 0.1) is 11.4 Å². The molecule has 3 rings (SSSR count). The maximum atomic E-state index is 12.0. The molecule has 25 heavy (non-hydrogen) atoms. The van der Waals surface area contributed by atoms with Crippen molar-refractivity contribution in [1.82, 2.24) is 19.7 Å². The second-order valence-electron chi connectivity index (χ2n) is 5.39.